The zero-order valence-corrected chi connectivity index (χ0v) is 13.5. The summed E-state index contributed by atoms with van der Waals surface area (Å²) in [6, 6.07) is 3.84. The minimum Gasteiger partial charge on any atom is -0.353 e. The van der Waals surface area contributed by atoms with Gasteiger partial charge in [0.1, 0.15) is 18.0 Å². The van der Waals surface area contributed by atoms with E-state index in [1.807, 2.05) is 25.4 Å². The third kappa shape index (κ3) is 2.57. The first-order chi connectivity index (χ1) is 11.2. The molecule has 3 aromatic heterocycles. The van der Waals surface area contributed by atoms with Crippen molar-refractivity contribution in [1.29, 1.82) is 0 Å². The molecule has 0 radical (unpaired) electrons. The second-order valence-corrected chi connectivity index (χ2v) is 5.95. The molecule has 1 fully saturated rings. The van der Waals surface area contributed by atoms with Gasteiger partial charge in [0.15, 0.2) is 5.65 Å². The van der Waals surface area contributed by atoms with Crippen LogP contribution in [0.2, 0.25) is 5.02 Å². The Balaban J connectivity index is 1.54. The number of rotatable bonds is 2. The third-order valence-electron chi connectivity index (χ3n) is 4.12. The zero-order valence-electron chi connectivity index (χ0n) is 12.7. The van der Waals surface area contributed by atoms with E-state index in [9.17, 15) is 0 Å². The van der Waals surface area contributed by atoms with Gasteiger partial charge in [0.2, 0.25) is 0 Å². The van der Waals surface area contributed by atoms with Crippen molar-refractivity contribution in [2.24, 2.45) is 7.05 Å². The molecule has 7 nitrogen and oxygen atoms in total. The van der Waals surface area contributed by atoms with Gasteiger partial charge in [-0.3, -0.25) is 4.68 Å². The largest absolute Gasteiger partial charge is 0.353 e. The number of pyridine rings is 1. The number of aryl methyl sites for hydroxylation is 1. The first kappa shape index (κ1) is 14.2. The molecule has 0 aromatic carbocycles. The second kappa shape index (κ2) is 5.66. The Morgan fingerprint density at radius 1 is 0.957 bits per heavy atom. The van der Waals surface area contributed by atoms with Gasteiger partial charge in [-0.15, -0.1) is 0 Å². The van der Waals surface area contributed by atoms with Crippen molar-refractivity contribution >= 4 is 34.3 Å². The monoisotopic (exact) mass is 329 g/mol. The normalized spacial score (nSPS) is 15.4. The van der Waals surface area contributed by atoms with Gasteiger partial charge in [-0.1, -0.05) is 11.6 Å². The van der Waals surface area contributed by atoms with Gasteiger partial charge in [0, 0.05) is 39.4 Å². The number of hydrogen-bond acceptors (Lipinski definition) is 6. The molecule has 23 heavy (non-hydrogen) atoms. The molecule has 1 aliphatic heterocycles. The molecule has 8 heteroatoms. The highest BCUT2D eigenvalue weighted by molar-refractivity contribution is 6.30. The first-order valence-corrected chi connectivity index (χ1v) is 7.84. The molecule has 1 aliphatic rings. The minimum atomic E-state index is 0.660. The van der Waals surface area contributed by atoms with Crippen LogP contribution in [0, 0.1) is 0 Å². The van der Waals surface area contributed by atoms with E-state index in [1.165, 1.54) is 0 Å². The maximum Gasteiger partial charge on any atom is 0.163 e. The smallest absolute Gasteiger partial charge is 0.163 e. The summed E-state index contributed by atoms with van der Waals surface area (Å²) in [5, 5.41) is 5.93. The number of halogens is 1. The molecule has 0 amide bonds. The molecule has 0 saturated carbocycles. The van der Waals surface area contributed by atoms with Gasteiger partial charge in [-0.2, -0.15) is 5.10 Å². The van der Waals surface area contributed by atoms with E-state index < -0.39 is 0 Å². The summed E-state index contributed by atoms with van der Waals surface area (Å²) in [6.07, 6.45) is 5.12. The highest BCUT2D eigenvalue weighted by Gasteiger charge is 2.21. The lowest BCUT2D eigenvalue weighted by atomic mass is 10.2. The number of piperazine rings is 1. The molecular weight excluding hydrogens is 314 g/mol. The molecule has 1 saturated heterocycles. The van der Waals surface area contributed by atoms with Gasteiger partial charge in [0.25, 0.3) is 0 Å². The summed E-state index contributed by atoms with van der Waals surface area (Å²) in [5.74, 6) is 1.91. The summed E-state index contributed by atoms with van der Waals surface area (Å²) >= 11 is 5.90. The van der Waals surface area contributed by atoms with Crippen molar-refractivity contribution in [3.63, 3.8) is 0 Å². The number of aromatic nitrogens is 5. The van der Waals surface area contributed by atoms with E-state index in [-0.39, 0.29) is 0 Å². The number of anilines is 2. The van der Waals surface area contributed by atoms with E-state index in [0.29, 0.717) is 5.02 Å². The molecule has 4 heterocycles. The molecule has 0 N–H and O–H groups in total. The fourth-order valence-corrected chi connectivity index (χ4v) is 3.02. The minimum absolute atomic E-state index is 0.660. The fraction of sp³-hybridized carbons (Fsp3) is 0.333. The Morgan fingerprint density at radius 2 is 1.74 bits per heavy atom. The van der Waals surface area contributed by atoms with Crippen molar-refractivity contribution in [2.75, 3.05) is 36.0 Å². The van der Waals surface area contributed by atoms with Crippen LogP contribution in [-0.4, -0.2) is 50.9 Å². The zero-order chi connectivity index (χ0) is 15.8. The molecule has 0 aliphatic carbocycles. The van der Waals surface area contributed by atoms with Crippen molar-refractivity contribution in [1.82, 2.24) is 24.7 Å². The lowest BCUT2D eigenvalue weighted by molar-refractivity contribution is 0.643. The average molecular weight is 330 g/mol. The Kier molecular flexibility index (Phi) is 3.49. The summed E-state index contributed by atoms with van der Waals surface area (Å²) < 4.78 is 1.77. The van der Waals surface area contributed by atoms with Crippen LogP contribution < -0.4 is 9.80 Å². The van der Waals surface area contributed by atoms with Gasteiger partial charge in [-0.25, -0.2) is 15.0 Å². The van der Waals surface area contributed by atoms with Crippen molar-refractivity contribution in [3.05, 3.63) is 35.9 Å². The Hall–Kier alpha value is -2.41. The molecular formula is C15H16ClN7. The molecule has 3 aromatic rings. The summed E-state index contributed by atoms with van der Waals surface area (Å²) in [7, 11) is 1.89. The van der Waals surface area contributed by atoms with Crippen molar-refractivity contribution < 1.29 is 0 Å². The maximum absolute atomic E-state index is 5.90. The number of nitrogens with zero attached hydrogens (tertiary/aromatic N) is 7. The molecule has 0 unspecified atom stereocenters. The maximum atomic E-state index is 5.90. The first-order valence-electron chi connectivity index (χ1n) is 7.46. The van der Waals surface area contributed by atoms with Crippen LogP contribution in [0.4, 0.5) is 11.6 Å². The van der Waals surface area contributed by atoms with E-state index in [0.717, 1.165) is 48.8 Å². The van der Waals surface area contributed by atoms with Crippen molar-refractivity contribution in [3.8, 4) is 0 Å². The van der Waals surface area contributed by atoms with Crippen LogP contribution >= 0.6 is 11.6 Å². The van der Waals surface area contributed by atoms with Crippen molar-refractivity contribution in [2.45, 2.75) is 0 Å². The van der Waals surface area contributed by atoms with Gasteiger partial charge in [-0.05, 0) is 12.1 Å². The van der Waals surface area contributed by atoms with Gasteiger partial charge >= 0.3 is 0 Å². The SMILES string of the molecule is Cn1ncc2c(N3CCN(c4ccc(Cl)cn4)CC3)ncnc21. The highest BCUT2D eigenvalue weighted by atomic mass is 35.5. The Morgan fingerprint density at radius 3 is 2.48 bits per heavy atom. The predicted molar refractivity (Wildman–Crippen MR) is 90.0 cm³/mol. The summed E-state index contributed by atoms with van der Waals surface area (Å²) in [6.45, 7) is 3.54. The quantitative estimate of drug-likeness (QED) is 0.713. The van der Waals surface area contributed by atoms with Gasteiger partial charge in [0.05, 0.1) is 16.6 Å². The average Bonchev–Trinajstić information content (AvgIpc) is 2.97. The standard InChI is InChI=1S/C15H16ClN7/c1-21-14-12(9-20-21)15(19-10-18-14)23-6-4-22(5-7-23)13-3-2-11(16)8-17-13/h2-3,8-10H,4-7H2,1H3. The van der Waals surface area contributed by atoms with E-state index >= 15 is 0 Å². The lowest BCUT2D eigenvalue weighted by Gasteiger charge is -2.36. The van der Waals surface area contributed by atoms with Crippen LogP contribution in [0.25, 0.3) is 11.0 Å². The molecule has 0 spiro atoms. The predicted octanol–water partition coefficient (Wildman–Crippen LogP) is 1.74. The van der Waals surface area contributed by atoms with E-state index in [2.05, 4.69) is 29.9 Å². The second-order valence-electron chi connectivity index (χ2n) is 5.51. The number of fused-ring (bicyclic) bond motifs is 1. The van der Waals surface area contributed by atoms with E-state index in [1.54, 1.807) is 17.2 Å². The topological polar surface area (TPSA) is 63.0 Å². The third-order valence-corrected chi connectivity index (χ3v) is 4.35. The van der Waals surface area contributed by atoms with Crippen LogP contribution in [0.5, 0.6) is 0 Å². The van der Waals surface area contributed by atoms with E-state index in [4.69, 9.17) is 11.6 Å². The molecule has 118 valence electrons. The van der Waals surface area contributed by atoms with Crippen LogP contribution in [0.15, 0.2) is 30.9 Å². The number of hydrogen-bond donors (Lipinski definition) is 0. The van der Waals surface area contributed by atoms with Gasteiger partial charge < -0.3 is 9.80 Å². The fourth-order valence-electron chi connectivity index (χ4n) is 2.90. The van der Waals surface area contributed by atoms with Crippen LogP contribution in [-0.2, 0) is 7.05 Å². The van der Waals surface area contributed by atoms with Crippen LogP contribution in [0.3, 0.4) is 0 Å². The van der Waals surface area contributed by atoms with Crippen LogP contribution in [0.1, 0.15) is 0 Å². The summed E-state index contributed by atoms with van der Waals surface area (Å²) in [5.41, 5.74) is 0.858. The Bertz CT molecular complexity index is 821. The highest BCUT2D eigenvalue weighted by Crippen LogP contribution is 2.24. The Labute approximate surface area is 138 Å². The molecule has 0 atom stereocenters. The molecule has 4 rings (SSSR count). The lowest BCUT2D eigenvalue weighted by Crippen LogP contribution is -2.47. The molecule has 0 bridgehead atoms. The summed E-state index contributed by atoms with van der Waals surface area (Å²) in [4.78, 5) is 17.7.